The molecule has 2 aromatic rings. The van der Waals surface area contributed by atoms with Crippen molar-refractivity contribution in [2.45, 2.75) is 18.7 Å². The number of nitrogens with zero attached hydrogens (tertiary/aromatic N) is 3. The lowest BCUT2D eigenvalue weighted by atomic mass is 10.2. The van der Waals surface area contributed by atoms with Crippen molar-refractivity contribution in [3.63, 3.8) is 0 Å². The second kappa shape index (κ2) is 6.46. The van der Waals surface area contributed by atoms with Crippen molar-refractivity contribution in [3.05, 3.63) is 54.0 Å². The minimum absolute atomic E-state index is 0.115. The number of rotatable bonds is 3. The Morgan fingerprint density at radius 2 is 2.08 bits per heavy atom. The third kappa shape index (κ3) is 3.64. The van der Waals surface area contributed by atoms with Crippen molar-refractivity contribution in [2.24, 2.45) is 0 Å². The van der Waals surface area contributed by atoms with Crippen molar-refractivity contribution in [1.82, 2.24) is 14.9 Å². The molecule has 0 bridgehead atoms. The van der Waals surface area contributed by atoms with Gasteiger partial charge in [-0.25, -0.2) is 4.98 Å². The molecule has 1 fully saturated rings. The average molecular weight is 337 g/mol. The van der Waals surface area contributed by atoms with E-state index in [1.807, 2.05) is 0 Å². The van der Waals surface area contributed by atoms with Crippen LogP contribution >= 0.6 is 0 Å². The summed E-state index contributed by atoms with van der Waals surface area (Å²) in [6.45, 7) is 0.870. The molecule has 0 saturated carbocycles. The molecule has 1 unspecified atom stereocenters. The maximum absolute atomic E-state index is 12.5. The average Bonchev–Trinajstić information content (AvgIpc) is 3.03. The first kappa shape index (κ1) is 16.2. The maximum Gasteiger partial charge on any atom is 0.417 e. The lowest BCUT2D eigenvalue weighted by Crippen LogP contribution is -2.31. The molecular weight excluding hydrogens is 323 g/mol. The smallest absolute Gasteiger partial charge is 0.417 e. The number of aromatic nitrogens is 2. The van der Waals surface area contributed by atoms with Gasteiger partial charge in [-0.15, -0.1) is 0 Å². The molecule has 1 saturated heterocycles. The van der Waals surface area contributed by atoms with E-state index in [0.717, 1.165) is 12.3 Å². The number of alkyl halides is 3. The summed E-state index contributed by atoms with van der Waals surface area (Å²) >= 11 is 0. The minimum atomic E-state index is -4.42. The highest BCUT2D eigenvalue weighted by Crippen LogP contribution is 2.29. The van der Waals surface area contributed by atoms with Crippen LogP contribution in [-0.4, -0.2) is 40.0 Å². The molecule has 1 aliphatic rings. The van der Waals surface area contributed by atoms with Gasteiger partial charge in [0.1, 0.15) is 6.10 Å². The Balaban J connectivity index is 1.59. The van der Waals surface area contributed by atoms with Gasteiger partial charge >= 0.3 is 6.18 Å². The number of halogens is 3. The molecule has 2 aromatic heterocycles. The topological polar surface area (TPSA) is 55.3 Å². The number of pyridine rings is 2. The summed E-state index contributed by atoms with van der Waals surface area (Å²) in [6, 6.07) is 5.48. The zero-order valence-corrected chi connectivity index (χ0v) is 12.5. The fraction of sp³-hybridized carbons (Fsp3) is 0.312. The summed E-state index contributed by atoms with van der Waals surface area (Å²) in [5.74, 6) is -0.0294. The van der Waals surface area contributed by atoms with Gasteiger partial charge in [-0.1, -0.05) is 0 Å². The number of hydrogen-bond donors (Lipinski definition) is 0. The van der Waals surface area contributed by atoms with E-state index in [1.165, 1.54) is 12.3 Å². The van der Waals surface area contributed by atoms with Crippen LogP contribution in [-0.2, 0) is 6.18 Å². The van der Waals surface area contributed by atoms with Crippen LogP contribution in [0.1, 0.15) is 22.3 Å². The SMILES string of the molecule is O=C(c1cccnc1)N1CCC(Oc2ccc(C(F)(F)F)cn2)C1. The van der Waals surface area contributed by atoms with Crippen molar-refractivity contribution in [1.29, 1.82) is 0 Å². The molecule has 3 heterocycles. The van der Waals surface area contributed by atoms with Gasteiger partial charge in [0, 0.05) is 37.6 Å². The molecule has 3 rings (SSSR count). The molecule has 1 amide bonds. The molecule has 1 atom stereocenters. The van der Waals surface area contributed by atoms with E-state index in [0.29, 0.717) is 25.1 Å². The predicted molar refractivity (Wildman–Crippen MR) is 78.4 cm³/mol. The van der Waals surface area contributed by atoms with Gasteiger partial charge in [-0.2, -0.15) is 13.2 Å². The Kier molecular flexibility index (Phi) is 4.37. The Morgan fingerprint density at radius 1 is 1.25 bits per heavy atom. The predicted octanol–water partition coefficient (Wildman–Crippen LogP) is 2.79. The molecular formula is C16H14F3N3O2. The largest absolute Gasteiger partial charge is 0.472 e. The van der Waals surface area contributed by atoms with Gasteiger partial charge in [0.05, 0.1) is 17.7 Å². The number of hydrogen-bond acceptors (Lipinski definition) is 4. The van der Waals surface area contributed by atoms with Gasteiger partial charge < -0.3 is 9.64 Å². The Labute approximate surface area is 136 Å². The van der Waals surface area contributed by atoms with Crippen molar-refractivity contribution in [2.75, 3.05) is 13.1 Å². The van der Waals surface area contributed by atoms with Gasteiger partial charge in [-0.3, -0.25) is 9.78 Å². The quantitative estimate of drug-likeness (QED) is 0.864. The number of ether oxygens (including phenoxy) is 1. The molecule has 24 heavy (non-hydrogen) atoms. The highest BCUT2D eigenvalue weighted by Gasteiger charge is 2.31. The normalized spacial score (nSPS) is 17.8. The van der Waals surface area contributed by atoms with E-state index in [1.54, 1.807) is 23.2 Å². The van der Waals surface area contributed by atoms with Crippen molar-refractivity contribution in [3.8, 4) is 5.88 Å². The van der Waals surface area contributed by atoms with E-state index >= 15 is 0 Å². The summed E-state index contributed by atoms with van der Waals surface area (Å²) in [5.41, 5.74) is -0.333. The molecule has 5 nitrogen and oxygen atoms in total. The highest BCUT2D eigenvalue weighted by molar-refractivity contribution is 5.94. The molecule has 126 valence electrons. The van der Waals surface area contributed by atoms with Gasteiger partial charge in [0.2, 0.25) is 5.88 Å². The van der Waals surface area contributed by atoms with Crippen LogP contribution in [0.25, 0.3) is 0 Å². The molecule has 0 N–H and O–H groups in total. The third-order valence-corrected chi connectivity index (χ3v) is 3.69. The zero-order valence-electron chi connectivity index (χ0n) is 12.5. The van der Waals surface area contributed by atoms with Crippen molar-refractivity contribution < 1.29 is 22.7 Å². The second-order valence-corrected chi connectivity index (χ2v) is 5.40. The summed E-state index contributed by atoms with van der Waals surface area (Å²) in [4.78, 5) is 21.5. The van der Waals surface area contributed by atoms with E-state index < -0.39 is 11.7 Å². The Hall–Kier alpha value is -2.64. The van der Waals surface area contributed by atoms with E-state index in [-0.39, 0.29) is 17.9 Å². The monoisotopic (exact) mass is 337 g/mol. The maximum atomic E-state index is 12.5. The second-order valence-electron chi connectivity index (χ2n) is 5.40. The number of likely N-dealkylation sites (tertiary alicyclic amines) is 1. The van der Waals surface area contributed by atoms with Gasteiger partial charge in [0.15, 0.2) is 0 Å². The fourth-order valence-corrected chi connectivity index (χ4v) is 2.47. The molecule has 0 aromatic carbocycles. The summed E-state index contributed by atoms with van der Waals surface area (Å²) in [7, 11) is 0. The van der Waals surface area contributed by atoms with Crippen LogP contribution in [0, 0.1) is 0 Å². The third-order valence-electron chi connectivity index (χ3n) is 3.69. The number of carbonyl (C=O) groups is 1. The summed E-state index contributed by atoms with van der Waals surface area (Å²) in [6.07, 6.45) is -0.310. The van der Waals surface area contributed by atoms with Crippen molar-refractivity contribution >= 4 is 5.91 Å². The van der Waals surface area contributed by atoms with Gasteiger partial charge in [-0.05, 0) is 18.2 Å². The molecule has 8 heteroatoms. The van der Waals surface area contributed by atoms with E-state index in [9.17, 15) is 18.0 Å². The summed E-state index contributed by atoms with van der Waals surface area (Å²) in [5, 5.41) is 0. The van der Waals surface area contributed by atoms with Gasteiger partial charge in [0.25, 0.3) is 5.91 Å². The molecule has 0 radical (unpaired) electrons. The first-order valence-corrected chi connectivity index (χ1v) is 7.33. The lowest BCUT2D eigenvalue weighted by molar-refractivity contribution is -0.137. The summed E-state index contributed by atoms with van der Waals surface area (Å²) < 4.78 is 43.1. The van der Waals surface area contributed by atoms with E-state index in [2.05, 4.69) is 9.97 Å². The molecule has 1 aliphatic heterocycles. The van der Waals surface area contributed by atoms with Crippen LogP contribution in [0.3, 0.4) is 0 Å². The number of carbonyl (C=O) groups excluding carboxylic acids is 1. The van der Waals surface area contributed by atoms with Crippen LogP contribution in [0.4, 0.5) is 13.2 Å². The van der Waals surface area contributed by atoms with Crippen LogP contribution < -0.4 is 4.74 Å². The Bertz CT molecular complexity index is 705. The fourth-order valence-electron chi connectivity index (χ4n) is 2.47. The number of amides is 1. The van der Waals surface area contributed by atoms with Crippen LogP contribution in [0.2, 0.25) is 0 Å². The van der Waals surface area contributed by atoms with Crippen LogP contribution in [0.5, 0.6) is 5.88 Å². The standard InChI is InChI=1S/C16H14F3N3O2/c17-16(18,19)12-3-4-14(21-9-12)24-13-5-7-22(10-13)15(23)11-2-1-6-20-8-11/h1-4,6,8-9,13H,5,7,10H2. The Morgan fingerprint density at radius 3 is 2.71 bits per heavy atom. The molecule has 0 aliphatic carbocycles. The zero-order chi connectivity index (χ0) is 17.2. The first-order valence-electron chi connectivity index (χ1n) is 7.33. The molecule has 0 spiro atoms. The first-order chi connectivity index (χ1) is 11.4. The highest BCUT2D eigenvalue weighted by atomic mass is 19.4. The van der Waals surface area contributed by atoms with E-state index in [4.69, 9.17) is 4.74 Å². The van der Waals surface area contributed by atoms with Crippen LogP contribution in [0.15, 0.2) is 42.9 Å². The minimum Gasteiger partial charge on any atom is -0.472 e. The lowest BCUT2D eigenvalue weighted by Gasteiger charge is -2.17.